The highest BCUT2D eigenvalue weighted by atomic mass is 32.1. The molecule has 0 aromatic heterocycles. The molecule has 1 saturated heterocycles. The molecule has 1 aliphatic rings. The summed E-state index contributed by atoms with van der Waals surface area (Å²) in [5.41, 5.74) is 7.43. The molecule has 7 atom stereocenters. The third kappa shape index (κ3) is 13.9. The summed E-state index contributed by atoms with van der Waals surface area (Å²) in [6.45, 7) is 3.88. The van der Waals surface area contributed by atoms with E-state index < -0.39 is 77.6 Å². The van der Waals surface area contributed by atoms with Crippen LogP contribution in [0.1, 0.15) is 56.2 Å². The first kappa shape index (κ1) is 45.9. The van der Waals surface area contributed by atoms with Crippen LogP contribution in [0.3, 0.4) is 0 Å². The maximum atomic E-state index is 14.3. The normalized spacial score (nSPS) is 23.0. The van der Waals surface area contributed by atoms with E-state index in [0.29, 0.717) is 42.5 Å². The minimum atomic E-state index is -1.32. The number of unbranched alkanes of at least 4 members (excludes halogenated alkanes) is 1. The van der Waals surface area contributed by atoms with Crippen LogP contribution >= 0.6 is 12.6 Å². The molecule has 0 spiro atoms. The van der Waals surface area contributed by atoms with E-state index in [1.807, 2.05) is 6.92 Å². The first-order valence-corrected chi connectivity index (χ1v) is 20.3. The molecule has 318 valence electrons. The van der Waals surface area contributed by atoms with E-state index in [1.165, 1.54) is 36.4 Å². The van der Waals surface area contributed by atoms with E-state index in [4.69, 9.17) is 5.73 Å². The smallest absolute Gasteiger partial charge is 0.244 e. The van der Waals surface area contributed by atoms with E-state index in [9.17, 15) is 44.1 Å². The van der Waals surface area contributed by atoms with Crippen molar-refractivity contribution in [3.05, 3.63) is 89.5 Å². The molecule has 1 aliphatic heterocycles. The van der Waals surface area contributed by atoms with Gasteiger partial charge in [-0.15, -0.1) is 0 Å². The van der Waals surface area contributed by atoms with Crippen molar-refractivity contribution in [1.29, 1.82) is 0 Å². The van der Waals surface area contributed by atoms with Crippen molar-refractivity contribution in [3.63, 3.8) is 0 Å². The molecule has 4 rings (SSSR count). The molecule has 16 nitrogen and oxygen atoms in total. The summed E-state index contributed by atoms with van der Waals surface area (Å²) in [5, 5.41) is 46.1. The molecule has 1 fully saturated rings. The fourth-order valence-electron chi connectivity index (χ4n) is 6.49. The average Bonchev–Trinajstić information content (AvgIpc) is 3.22. The van der Waals surface area contributed by atoms with Crippen LogP contribution in [0.2, 0.25) is 0 Å². The molecule has 11 N–H and O–H groups in total. The van der Waals surface area contributed by atoms with Gasteiger partial charge in [0.05, 0.1) is 0 Å². The fraction of sp³-hybridized carbons (Fsp3) is 0.429. The minimum Gasteiger partial charge on any atom is -0.508 e. The van der Waals surface area contributed by atoms with Gasteiger partial charge < -0.3 is 53.0 Å². The molecule has 3 aromatic rings. The number of nitrogens with two attached hydrogens (primary N) is 1. The summed E-state index contributed by atoms with van der Waals surface area (Å²) in [7, 11) is 0. The average molecular weight is 834 g/mol. The number of carbonyl (C=O) groups is 6. The molecule has 6 amide bonds. The summed E-state index contributed by atoms with van der Waals surface area (Å²) < 4.78 is 0. The van der Waals surface area contributed by atoms with Crippen LogP contribution in [-0.2, 0) is 48.0 Å². The number of hydrogen-bond acceptors (Lipinski definition) is 11. The Morgan fingerprint density at radius 3 is 1.24 bits per heavy atom. The highest BCUT2D eigenvalue weighted by molar-refractivity contribution is 7.80. The topological polar surface area (TPSA) is 261 Å². The number of benzene rings is 3. The second-order valence-electron chi connectivity index (χ2n) is 14.8. The van der Waals surface area contributed by atoms with Crippen LogP contribution in [0, 0.1) is 5.92 Å². The quantitative estimate of drug-likeness (QED) is 0.0855. The van der Waals surface area contributed by atoms with Crippen LogP contribution in [-0.4, -0.2) is 99.3 Å². The zero-order valence-corrected chi connectivity index (χ0v) is 34.0. The van der Waals surface area contributed by atoms with Crippen molar-refractivity contribution >= 4 is 48.1 Å². The Kier molecular flexibility index (Phi) is 17.4. The molecular formula is C42H55N7O9S. The van der Waals surface area contributed by atoms with Gasteiger partial charge in [0, 0.05) is 25.0 Å². The summed E-state index contributed by atoms with van der Waals surface area (Å²) in [6, 6.07) is 10.4. The number of phenolic OH excluding ortho intramolecular Hbond substituents is 3. The van der Waals surface area contributed by atoms with Crippen molar-refractivity contribution in [2.75, 3.05) is 12.3 Å². The van der Waals surface area contributed by atoms with Crippen LogP contribution in [0.25, 0.3) is 0 Å². The Morgan fingerprint density at radius 2 is 0.864 bits per heavy atom. The van der Waals surface area contributed by atoms with Gasteiger partial charge in [-0.1, -0.05) is 56.7 Å². The van der Waals surface area contributed by atoms with Crippen LogP contribution in [0.4, 0.5) is 0 Å². The number of rotatable bonds is 13. The zero-order valence-electron chi connectivity index (χ0n) is 33.1. The molecule has 0 saturated carbocycles. The maximum Gasteiger partial charge on any atom is 0.244 e. The van der Waals surface area contributed by atoms with Crippen LogP contribution < -0.4 is 37.6 Å². The number of carbonyl (C=O) groups excluding carboxylic acids is 6. The second-order valence-corrected chi connectivity index (χ2v) is 15.1. The lowest BCUT2D eigenvalue weighted by Crippen LogP contribution is -2.63. The lowest BCUT2D eigenvalue weighted by Gasteiger charge is -2.30. The second kappa shape index (κ2) is 22.4. The summed E-state index contributed by atoms with van der Waals surface area (Å²) >= 11 is 4.32. The van der Waals surface area contributed by atoms with Crippen molar-refractivity contribution in [2.24, 2.45) is 11.7 Å². The predicted molar refractivity (Wildman–Crippen MR) is 223 cm³/mol. The van der Waals surface area contributed by atoms with Crippen LogP contribution in [0.5, 0.6) is 17.2 Å². The first-order valence-electron chi connectivity index (χ1n) is 19.7. The van der Waals surface area contributed by atoms with E-state index >= 15 is 0 Å². The summed E-state index contributed by atoms with van der Waals surface area (Å²) in [4.78, 5) is 84.7. The van der Waals surface area contributed by atoms with Gasteiger partial charge in [0.25, 0.3) is 0 Å². The Bertz CT molecular complexity index is 1900. The molecule has 0 bridgehead atoms. The van der Waals surface area contributed by atoms with Gasteiger partial charge in [-0.2, -0.15) is 12.6 Å². The Balaban J connectivity index is 1.80. The SMILES string of the molecule is CC[C@H](C)[C@@H]1NC(=O)[C@H](CS)NC(=O)[C@H](Cc2ccc(O)cc2)NC(=O)[C@H](Cc2ccc(O)cc2)NC(=O)[C@H](CCCCN)NC(=O)[C@H](Cc2ccc(O)cc2)NC1=O. The lowest BCUT2D eigenvalue weighted by atomic mass is 9.96. The summed E-state index contributed by atoms with van der Waals surface area (Å²) in [6.07, 6.45) is 1.26. The molecule has 0 unspecified atom stereocenters. The molecule has 17 heteroatoms. The van der Waals surface area contributed by atoms with E-state index in [2.05, 4.69) is 44.5 Å². The number of hydrogen-bond donors (Lipinski definition) is 11. The van der Waals surface area contributed by atoms with E-state index in [0.717, 1.165) is 0 Å². The lowest BCUT2D eigenvalue weighted by molar-refractivity contribution is -0.137. The number of aromatic hydroxyl groups is 3. The number of nitrogens with one attached hydrogen (secondary N) is 6. The van der Waals surface area contributed by atoms with Crippen molar-refractivity contribution in [2.45, 2.75) is 95.0 Å². The van der Waals surface area contributed by atoms with Gasteiger partial charge in [0.2, 0.25) is 35.4 Å². The maximum absolute atomic E-state index is 14.3. The van der Waals surface area contributed by atoms with Gasteiger partial charge in [-0.3, -0.25) is 28.8 Å². The van der Waals surface area contributed by atoms with Gasteiger partial charge in [0.15, 0.2) is 0 Å². The third-order valence-corrected chi connectivity index (χ3v) is 10.6. The predicted octanol–water partition coefficient (Wildman–Crippen LogP) is 0.859. The first-order chi connectivity index (χ1) is 28.2. The fourth-order valence-corrected chi connectivity index (χ4v) is 6.75. The van der Waals surface area contributed by atoms with Crippen molar-refractivity contribution < 1.29 is 44.1 Å². The molecule has 0 aliphatic carbocycles. The highest BCUT2D eigenvalue weighted by Crippen LogP contribution is 2.17. The third-order valence-electron chi connectivity index (χ3n) is 10.2. The molecule has 3 aromatic carbocycles. The molecule has 0 radical (unpaired) electrons. The van der Waals surface area contributed by atoms with E-state index in [-0.39, 0.29) is 48.7 Å². The number of phenols is 3. The van der Waals surface area contributed by atoms with Crippen LogP contribution in [0.15, 0.2) is 72.8 Å². The van der Waals surface area contributed by atoms with Gasteiger partial charge >= 0.3 is 0 Å². The monoisotopic (exact) mass is 833 g/mol. The standard InChI is InChI=1S/C42H55N7O9S/c1-3-24(2)36-42(58)47-34(22-27-11-17-30(52)18-12-27)38(54)44-31(6-4-5-19-43)37(53)45-32(20-25-7-13-28(50)14-8-25)39(55)46-33(21-26-9-15-29(51)16-10-26)40(56)48-35(23-59)41(57)49-36/h7-18,24,31-36,50-52,59H,3-6,19-23,43H2,1-2H3,(H,44,54)(H,45,53)(H,46,55)(H,47,58)(H,48,56)(H,49,57)/t24-,31-,32-,33-,34-,35-,36-/m0/s1. The molecule has 59 heavy (non-hydrogen) atoms. The van der Waals surface area contributed by atoms with E-state index in [1.54, 1.807) is 43.3 Å². The zero-order chi connectivity index (χ0) is 43.1. The Hall–Kier alpha value is -5.81. The van der Waals surface area contributed by atoms with Gasteiger partial charge in [-0.25, -0.2) is 0 Å². The highest BCUT2D eigenvalue weighted by Gasteiger charge is 2.36. The van der Waals surface area contributed by atoms with Gasteiger partial charge in [0.1, 0.15) is 53.5 Å². The Morgan fingerprint density at radius 1 is 0.525 bits per heavy atom. The largest absolute Gasteiger partial charge is 0.508 e. The minimum absolute atomic E-state index is 0.00784. The molecule has 1 heterocycles. The number of thiol groups is 1. The van der Waals surface area contributed by atoms with Crippen molar-refractivity contribution in [1.82, 2.24) is 31.9 Å². The summed E-state index contributed by atoms with van der Waals surface area (Å²) in [5.74, 6) is -5.07. The number of amides is 6. The Labute approximate surface area is 348 Å². The van der Waals surface area contributed by atoms with Gasteiger partial charge in [-0.05, 0) is 84.8 Å². The van der Waals surface area contributed by atoms with Crippen molar-refractivity contribution in [3.8, 4) is 17.2 Å². The molecular weight excluding hydrogens is 779 g/mol.